The molecule has 0 amide bonds. The number of nitrogens with zero attached hydrogens (tertiary/aromatic N) is 10. The Morgan fingerprint density at radius 1 is 0.537 bits per heavy atom. The molecule has 0 aliphatic heterocycles. The Bertz CT molecular complexity index is 2000. The molecular weight excluding hydrogens is 532 g/mol. The lowest BCUT2D eigenvalue weighted by atomic mass is 9.96. The van der Waals surface area contributed by atoms with E-state index in [1.54, 1.807) is 0 Å². The second-order valence-electron chi connectivity index (χ2n) is 8.90. The molecule has 2 aliphatic carbocycles. The highest BCUT2D eigenvalue weighted by Crippen LogP contribution is 2.61. The minimum atomic E-state index is -0.0329. The van der Waals surface area contributed by atoms with Crippen LogP contribution in [0.15, 0.2) is 72.9 Å². The lowest BCUT2D eigenvalue weighted by Gasteiger charge is -2.08. The fourth-order valence-electron chi connectivity index (χ4n) is 5.30. The van der Waals surface area contributed by atoms with E-state index >= 15 is 0 Å². The van der Waals surface area contributed by atoms with Crippen LogP contribution < -0.4 is 0 Å². The first kappa shape index (κ1) is 23.7. The largest absolute Gasteiger partial charge is 0.225 e. The van der Waals surface area contributed by atoms with Gasteiger partial charge in [-0.3, -0.25) is 0 Å². The van der Waals surface area contributed by atoms with Crippen molar-refractivity contribution in [3.8, 4) is 69.3 Å². The van der Waals surface area contributed by atoms with Crippen molar-refractivity contribution in [3.05, 3.63) is 93.7 Å². The molecule has 10 nitrogen and oxygen atoms in total. The maximum Gasteiger partial charge on any atom is 0.162 e. The maximum absolute atomic E-state index is 9.91. The Hall–Kier alpha value is -6.40. The standard InChI is InChI=1S/C30H10N10S/c31-7-17(8-32)23-21-5-15(29-37-11-35-12-38-29)1-3-19(21)25-26-20-4-2-16(30-39-13-36-14-40-30)6-22(20)24(18(9-33)10-34)28(26)41-27(23)25/h1-6,11-14H. The van der Waals surface area contributed by atoms with Crippen LogP contribution in [0.5, 0.6) is 0 Å². The van der Waals surface area contributed by atoms with E-state index in [1.165, 1.54) is 36.6 Å². The molecule has 0 radical (unpaired) electrons. The smallest absolute Gasteiger partial charge is 0.162 e. The summed E-state index contributed by atoms with van der Waals surface area (Å²) in [5, 5.41) is 39.7. The van der Waals surface area contributed by atoms with E-state index in [9.17, 15) is 21.0 Å². The minimum Gasteiger partial charge on any atom is -0.225 e. The van der Waals surface area contributed by atoms with Crippen molar-refractivity contribution >= 4 is 22.5 Å². The van der Waals surface area contributed by atoms with Gasteiger partial charge in [0.1, 0.15) is 60.7 Å². The molecule has 0 N–H and O–H groups in total. The summed E-state index contributed by atoms with van der Waals surface area (Å²) in [5.74, 6) is 0.930. The van der Waals surface area contributed by atoms with Crippen molar-refractivity contribution < 1.29 is 0 Å². The van der Waals surface area contributed by atoms with E-state index in [-0.39, 0.29) is 11.1 Å². The SMILES string of the molecule is N#CC(C#N)=C1c2cc(-c3ncncn3)ccc2-c2c1sc1c2-c2ccc(-c3ncncn3)cc2C1=C(C#N)C#N. The number of hydrogen-bond acceptors (Lipinski definition) is 11. The van der Waals surface area contributed by atoms with Crippen molar-refractivity contribution in [1.29, 1.82) is 21.0 Å². The number of fused-ring (bicyclic) bond motifs is 7. The summed E-state index contributed by atoms with van der Waals surface area (Å²) < 4.78 is 0. The summed E-state index contributed by atoms with van der Waals surface area (Å²) in [6.45, 7) is 0. The van der Waals surface area contributed by atoms with Gasteiger partial charge in [0.25, 0.3) is 0 Å². The quantitative estimate of drug-likeness (QED) is 0.267. The second kappa shape index (κ2) is 9.11. The van der Waals surface area contributed by atoms with Crippen LogP contribution in [0.4, 0.5) is 0 Å². The molecule has 0 unspecified atom stereocenters. The normalized spacial score (nSPS) is 11.7. The third-order valence-corrected chi connectivity index (χ3v) is 8.15. The zero-order valence-corrected chi connectivity index (χ0v) is 21.5. The number of rotatable bonds is 2. The molecule has 0 bridgehead atoms. The van der Waals surface area contributed by atoms with Gasteiger partial charge >= 0.3 is 0 Å². The molecule has 0 atom stereocenters. The summed E-state index contributed by atoms with van der Waals surface area (Å²) in [6.07, 6.45) is 5.63. The molecule has 2 aliphatic rings. The van der Waals surface area contributed by atoms with Crippen LogP contribution in [0, 0.1) is 45.3 Å². The highest BCUT2D eigenvalue weighted by molar-refractivity contribution is 7.16. The van der Waals surface area contributed by atoms with Crippen molar-refractivity contribution in [3.63, 3.8) is 0 Å². The van der Waals surface area contributed by atoms with Crippen molar-refractivity contribution in [2.45, 2.75) is 0 Å². The topological polar surface area (TPSA) is 172 Å². The van der Waals surface area contributed by atoms with Gasteiger partial charge in [0, 0.05) is 43.2 Å². The molecule has 0 spiro atoms. The first-order chi connectivity index (χ1) is 20.2. The molecule has 0 saturated carbocycles. The molecular formula is C30H10N10S. The maximum atomic E-state index is 9.91. The van der Waals surface area contributed by atoms with Crippen molar-refractivity contribution in [2.75, 3.05) is 0 Å². The Kier molecular flexibility index (Phi) is 5.27. The van der Waals surface area contributed by atoms with Gasteiger partial charge in [-0.1, -0.05) is 24.3 Å². The number of allylic oxidation sites excluding steroid dienone is 2. The molecule has 5 aromatic rings. The predicted molar refractivity (Wildman–Crippen MR) is 147 cm³/mol. The van der Waals surface area contributed by atoms with Crippen LogP contribution in [-0.4, -0.2) is 29.9 Å². The van der Waals surface area contributed by atoms with Gasteiger partial charge in [0.15, 0.2) is 11.6 Å². The van der Waals surface area contributed by atoms with Crippen LogP contribution in [0.25, 0.3) is 56.2 Å². The molecule has 3 heterocycles. The molecule has 186 valence electrons. The molecule has 0 saturated heterocycles. The zero-order chi connectivity index (χ0) is 28.1. The average molecular weight is 543 g/mol. The zero-order valence-electron chi connectivity index (χ0n) is 20.7. The molecule has 11 heteroatoms. The molecule has 3 aromatic heterocycles. The van der Waals surface area contributed by atoms with Crippen LogP contribution in [0.1, 0.15) is 20.9 Å². The third kappa shape index (κ3) is 3.38. The Labute approximate surface area is 236 Å². The lowest BCUT2D eigenvalue weighted by molar-refractivity contribution is 1.06. The third-order valence-electron chi connectivity index (χ3n) is 6.93. The first-order valence-electron chi connectivity index (χ1n) is 12.0. The molecule has 0 fully saturated rings. The summed E-state index contributed by atoms with van der Waals surface area (Å²) >= 11 is 1.36. The fourth-order valence-corrected chi connectivity index (χ4v) is 6.77. The lowest BCUT2D eigenvalue weighted by Crippen LogP contribution is -1.92. The Morgan fingerprint density at radius 2 is 0.927 bits per heavy atom. The van der Waals surface area contributed by atoms with E-state index in [2.05, 4.69) is 29.9 Å². The van der Waals surface area contributed by atoms with Gasteiger partial charge in [-0.15, -0.1) is 11.3 Å². The summed E-state index contributed by atoms with van der Waals surface area (Å²) in [5.41, 5.74) is 7.16. The molecule has 2 aromatic carbocycles. The highest BCUT2D eigenvalue weighted by atomic mass is 32.1. The Balaban J connectivity index is 1.54. The monoisotopic (exact) mass is 542 g/mol. The van der Waals surface area contributed by atoms with Gasteiger partial charge in [-0.2, -0.15) is 21.0 Å². The van der Waals surface area contributed by atoms with E-state index in [1.807, 2.05) is 60.7 Å². The number of thiophene rings is 1. The van der Waals surface area contributed by atoms with Crippen LogP contribution in [-0.2, 0) is 0 Å². The van der Waals surface area contributed by atoms with Crippen molar-refractivity contribution in [2.24, 2.45) is 0 Å². The van der Waals surface area contributed by atoms with E-state index in [4.69, 9.17) is 0 Å². The minimum absolute atomic E-state index is 0.0329. The fraction of sp³-hybridized carbons (Fsp3) is 0. The van der Waals surface area contributed by atoms with Gasteiger partial charge in [0.05, 0.1) is 0 Å². The predicted octanol–water partition coefficient (Wildman–Crippen LogP) is 5.11. The number of hydrogen-bond donors (Lipinski definition) is 0. The summed E-state index contributed by atoms with van der Waals surface area (Å²) in [7, 11) is 0. The van der Waals surface area contributed by atoms with Gasteiger partial charge in [-0.25, -0.2) is 29.9 Å². The van der Waals surface area contributed by atoms with Crippen molar-refractivity contribution in [1.82, 2.24) is 29.9 Å². The molecule has 41 heavy (non-hydrogen) atoms. The second-order valence-corrected chi connectivity index (χ2v) is 9.92. The van der Waals surface area contributed by atoms with Gasteiger partial charge in [0.2, 0.25) is 0 Å². The summed E-state index contributed by atoms with van der Waals surface area (Å²) in [4.78, 5) is 26.2. The molecule has 7 rings (SSSR count). The van der Waals surface area contributed by atoms with Gasteiger partial charge < -0.3 is 0 Å². The number of aromatic nitrogens is 6. The Morgan fingerprint density at radius 3 is 1.29 bits per heavy atom. The van der Waals surface area contributed by atoms with Crippen LogP contribution >= 0.6 is 11.3 Å². The average Bonchev–Trinajstić information content (AvgIpc) is 3.65. The van der Waals surface area contributed by atoms with E-state index < -0.39 is 0 Å². The first-order valence-corrected chi connectivity index (χ1v) is 12.8. The summed E-state index contributed by atoms with van der Waals surface area (Å²) in [6, 6.07) is 19.6. The van der Waals surface area contributed by atoms with E-state index in [0.717, 1.165) is 32.0 Å². The number of benzene rings is 2. The van der Waals surface area contributed by atoms with E-state index in [0.29, 0.717) is 45.0 Å². The van der Waals surface area contributed by atoms with Gasteiger partial charge in [-0.05, 0) is 34.4 Å². The van der Waals surface area contributed by atoms with Crippen LogP contribution in [0.2, 0.25) is 0 Å². The number of nitriles is 4. The highest BCUT2D eigenvalue weighted by Gasteiger charge is 2.39. The van der Waals surface area contributed by atoms with Crippen LogP contribution in [0.3, 0.4) is 0 Å².